The number of methoxy groups -OCH3 is 3. The van der Waals surface area contributed by atoms with E-state index in [1.807, 2.05) is 17.0 Å². The summed E-state index contributed by atoms with van der Waals surface area (Å²) in [6.07, 6.45) is 1.13. The van der Waals surface area contributed by atoms with Gasteiger partial charge in [-0.15, -0.1) is 12.4 Å². The molecular weight excluding hydrogens is 474 g/mol. The molecule has 9 nitrogen and oxygen atoms in total. The summed E-state index contributed by atoms with van der Waals surface area (Å²) in [6.45, 7) is 4.14. The van der Waals surface area contributed by atoms with Crippen LogP contribution in [0.15, 0.2) is 30.3 Å². The molecule has 0 aromatic heterocycles. The van der Waals surface area contributed by atoms with Crippen LogP contribution in [0.1, 0.15) is 22.3 Å². The number of fused-ring (bicyclic) bond motifs is 1. The van der Waals surface area contributed by atoms with Crippen molar-refractivity contribution < 1.29 is 28.5 Å². The number of rotatable bonds is 8. The highest BCUT2D eigenvalue weighted by Crippen LogP contribution is 2.40. The van der Waals surface area contributed by atoms with Crippen LogP contribution in [-0.2, 0) is 11.2 Å². The number of hydrogen-bond acceptors (Lipinski definition) is 7. The minimum Gasteiger partial charge on any atom is -0.493 e. The van der Waals surface area contributed by atoms with Gasteiger partial charge in [-0.3, -0.25) is 14.5 Å². The summed E-state index contributed by atoms with van der Waals surface area (Å²) in [5.74, 6) is 2.33. The summed E-state index contributed by atoms with van der Waals surface area (Å²) < 4.78 is 22.0. The van der Waals surface area contributed by atoms with Crippen LogP contribution in [0.3, 0.4) is 0 Å². The minimum absolute atomic E-state index is 0. The van der Waals surface area contributed by atoms with Gasteiger partial charge in [0.25, 0.3) is 5.91 Å². The zero-order valence-electron chi connectivity index (χ0n) is 20.3. The largest absolute Gasteiger partial charge is 0.493 e. The van der Waals surface area contributed by atoms with Crippen molar-refractivity contribution in [1.29, 1.82) is 0 Å². The maximum absolute atomic E-state index is 13.0. The normalized spacial score (nSPS) is 15.4. The molecule has 2 aliphatic heterocycles. The molecule has 1 fully saturated rings. The number of nitrogens with one attached hydrogen (secondary N) is 1. The minimum atomic E-state index is 0. The predicted molar refractivity (Wildman–Crippen MR) is 135 cm³/mol. The summed E-state index contributed by atoms with van der Waals surface area (Å²) >= 11 is 0. The van der Waals surface area contributed by atoms with Crippen LogP contribution in [0, 0.1) is 0 Å². The lowest BCUT2D eigenvalue weighted by Crippen LogP contribution is -2.49. The number of ether oxygens (including phenoxy) is 4. The number of nitrogens with zero attached hydrogens (tertiary/aromatic N) is 2. The van der Waals surface area contributed by atoms with Crippen molar-refractivity contribution in [3.63, 3.8) is 0 Å². The average Bonchev–Trinajstić information content (AvgIpc) is 2.87. The summed E-state index contributed by atoms with van der Waals surface area (Å²) in [7, 11) is 4.71. The topological polar surface area (TPSA) is 89.6 Å². The molecule has 4 rings (SSSR count). The van der Waals surface area contributed by atoms with Gasteiger partial charge in [0.2, 0.25) is 11.7 Å². The Bertz CT molecular complexity index is 1030. The molecule has 0 bridgehead atoms. The van der Waals surface area contributed by atoms with Crippen LogP contribution in [0.4, 0.5) is 5.69 Å². The Morgan fingerprint density at radius 2 is 1.63 bits per heavy atom. The first-order valence-corrected chi connectivity index (χ1v) is 11.4. The number of piperazine rings is 1. The van der Waals surface area contributed by atoms with Crippen LogP contribution >= 0.6 is 12.4 Å². The van der Waals surface area contributed by atoms with Crippen molar-refractivity contribution in [3.05, 3.63) is 41.5 Å². The van der Waals surface area contributed by atoms with E-state index in [0.717, 1.165) is 30.9 Å². The van der Waals surface area contributed by atoms with Crippen molar-refractivity contribution in [2.75, 3.05) is 66.0 Å². The second kappa shape index (κ2) is 12.0. The van der Waals surface area contributed by atoms with Crippen LogP contribution < -0.4 is 24.3 Å². The lowest BCUT2D eigenvalue weighted by molar-refractivity contribution is -0.116. The van der Waals surface area contributed by atoms with Gasteiger partial charge in [-0.1, -0.05) is 0 Å². The molecule has 2 aromatic carbocycles. The van der Waals surface area contributed by atoms with Gasteiger partial charge in [0.15, 0.2) is 11.5 Å². The van der Waals surface area contributed by atoms with E-state index in [0.29, 0.717) is 61.1 Å². The van der Waals surface area contributed by atoms with Crippen molar-refractivity contribution in [3.8, 4) is 23.0 Å². The number of carbonyl (C=O) groups is 2. The molecule has 190 valence electrons. The number of halogens is 1. The van der Waals surface area contributed by atoms with E-state index in [9.17, 15) is 9.59 Å². The molecule has 2 amide bonds. The first-order chi connectivity index (χ1) is 16.5. The quantitative estimate of drug-likeness (QED) is 0.590. The fraction of sp³-hybridized carbons (Fsp3) is 0.440. The van der Waals surface area contributed by atoms with Gasteiger partial charge in [-0.2, -0.15) is 0 Å². The molecule has 0 radical (unpaired) electrons. The van der Waals surface area contributed by atoms with Crippen LogP contribution in [0.5, 0.6) is 23.0 Å². The third-order valence-electron chi connectivity index (χ3n) is 6.22. The van der Waals surface area contributed by atoms with Crippen molar-refractivity contribution in [2.24, 2.45) is 0 Å². The Kier molecular flexibility index (Phi) is 9.06. The van der Waals surface area contributed by atoms with Gasteiger partial charge < -0.3 is 29.2 Å². The first kappa shape index (κ1) is 26.4. The summed E-state index contributed by atoms with van der Waals surface area (Å²) in [5, 5.41) is 2.86. The van der Waals surface area contributed by atoms with Crippen molar-refractivity contribution in [1.82, 2.24) is 9.80 Å². The molecule has 1 N–H and O–H groups in total. The third-order valence-corrected chi connectivity index (χ3v) is 6.22. The van der Waals surface area contributed by atoms with E-state index in [1.54, 1.807) is 39.5 Å². The second-order valence-electron chi connectivity index (χ2n) is 8.26. The zero-order valence-corrected chi connectivity index (χ0v) is 21.1. The number of hydrogen-bond donors (Lipinski definition) is 1. The molecule has 10 heteroatoms. The number of aryl methyl sites for hydroxylation is 1. The van der Waals surface area contributed by atoms with Gasteiger partial charge in [0.1, 0.15) is 12.4 Å². The summed E-state index contributed by atoms with van der Waals surface area (Å²) in [5.41, 5.74) is 2.51. The van der Waals surface area contributed by atoms with E-state index in [-0.39, 0.29) is 24.2 Å². The lowest BCUT2D eigenvalue weighted by Gasteiger charge is -2.34. The number of benzene rings is 2. The Morgan fingerprint density at radius 1 is 0.943 bits per heavy atom. The SMILES string of the molecule is COc1cc(OCCN2CCN(C(=O)c3ccc4c(c3)CCC(=O)N4)CC2)cc(OC)c1OC.Cl. The van der Waals surface area contributed by atoms with Gasteiger partial charge in [-0.25, -0.2) is 0 Å². The molecule has 0 atom stereocenters. The van der Waals surface area contributed by atoms with E-state index in [4.69, 9.17) is 18.9 Å². The third kappa shape index (κ3) is 6.10. The molecule has 2 aromatic rings. The number of carbonyl (C=O) groups excluding carboxylic acids is 2. The molecule has 2 aliphatic rings. The molecule has 0 unspecified atom stereocenters. The first-order valence-electron chi connectivity index (χ1n) is 11.4. The van der Waals surface area contributed by atoms with Gasteiger partial charge in [-0.05, 0) is 30.2 Å². The maximum atomic E-state index is 13.0. The Hall–Kier alpha value is -3.17. The molecule has 0 spiro atoms. The van der Waals surface area contributed by atoms with Crippen molar-refractivity contribution in [2.45, 2.75) is 12.8 Å². The molecule has 1 saturated heterocycles. The van der Waals surface area contributed by atoms with Gasteiger partial charge >= 0.3 is 0 Å². The second-order valence-corrected chi connectivity index (χ2v) is 8.26. The molecule has 35 heavy (non-hydrogen) atoms. The smallest absolute Gasteiger partial charge is 0.253 e. The van der Waals surface area contributed by atoms with Crippen LogP contribution in [-0.4, -0.2) is 82.3 Å². The highest BCUT2D eigenvalue weighted by atomic mass is 35.5. The lowest BCUT2D eigenvalue weighted by atomic mass is 10.00. The summed E-state index contributed by atoms with van der Waals surface area (Å²) in [4.78, 5) is 28.7. The Morgan fingerprint density at radius 3 is 2.26 bits per heavy atom. The number of anilines is 1. The molecular formula is C25H32ClN3O6. The molecule has 0 saturated carbocycles. The highest BCUT2D eigenvalue weighted by Gasteiger charge is 2.24. The van der Waals surface area contributed by atoms with E-state index >= 15 is 0 Å². The monoisotopic (exact) mass is 505 g/mol. The Balaban J connectivity index is 0.00000342. The van der Waals surface area contributed by atoms with Crippen LogP contribution in [0.25, 0.3) is 0 Å². The fourth-order valence-corrected chi connectivity index (χ4v) is 4.31. The standard InChI is InChI=1S/C25H31N3O6.ClH/c1-31-21-15-19(16-22(32-2)24(21)33-3)34-13-12-27-8-10-28(11-9-27)25(30)18-4-6-20-17(14-18)5-7-23(29)26-20;/h4,6,14-16H,5,7-13H2,1-3H3,(H,26,29);1H. The zero-order chi connectivity index (χ0) is 24.1. The van der Waals surface area contributed by atoms with Crippen molar-refractivity contribution >= 4 is 29.9 Å². The number of amides is 2. The Labute approximate surface area is 211 Å². The van der Waals surface area contributed by atoms with Gasteiger partial charge in [0, 0.05) is 62.5 Å². The van der Waals surface area contributed by atoms with Gasteiger partial charge in [0.05, 0.1) is 21.3 Å². The van der Waals surface area contributed by atoms with E-state index < -0.39 is 0 Å². The fourth-order valence-electron chi connectivity index (χ4n) is 4.31. The predicted octanol–water partition coefficient (Wildman–Crippen LogP) is 2.86. The molecule has 2 heterocycles. The maximum Gasteiger partial charge on any atom is 0.253 e. The van der Waals surface area contributed by atoms with E-state index in [2.05, 4.69) is 10.2 Å². The average molecular weight is 506 g/mol. The highest BCUT2D eigenvalue weighted by molar-refractivity contribution is 5.98. The molecule has 0 aliphatic carbocycles. The summed E-state index contributed by atoms with van der Waals surface area (Å²) in [6, 6.07) is 9.10. The van der Waals surface area contributed by atoms with E-state index in [1.165, 1.54) is 0 Å². The van der Waals surface area contributed by atoms with Crippen LogP contribution in [0.2, 0.25) is 0 Å².